The highest BCUT2D eigenvalue weighted by Crippen LogP contribution is 2.14. The standard InChI is InChI=1S/C14H17NO2/c1-3-11(15)7-10-8-17-13-5-4-9(2)6-12(13)14(10)16/h4-6,8,11H,3,7,15H2,1-2H3. The van der Waals surface area contributed by atoms with Crippen molar-refractivity contribution in [2.75, 3.05) is 0 Å². The lowest BCUT2D eigenvalue weighted by molar-refractivity contribution is 0.574. The smallest absolute Gasteiger partial charge is 0.195 e. The first-order chi connectivity index (χ1) is 8.11. The third kappa shape index (κ3) is 2.39. The van der Waals surface area contributed by atoms with E-state index in [1.807, 2.05) is 32.0 Å². The van der Waals surface area contributed by atoms with Crippen molar-refractivity contribution in [3.05, 3.63) is 45.8 Å². The molecule has 1 unspecified atom stereocenters. The van der Waals surface area contributed by atoms with Crippen molar-refractivity contribution in [1.82, 2.24) is 0 Å². The Hall–Kier alpha value is -1.61. The van der Waals surface area contributed by atoms with Crippen molar-refractivity contribution in [3.8, 4) is 0 Å². The number of rotatable bonds is 3. The lowest BCUT2D eigenvalue weighted by Crippen LogP contribution is -2.24. The van der Waals surface area contributed by atoms with Crippen LogP contribution in [0.4, 0.5) is 0 Å². The van der Waals surface area contributed by atoms with Crippen LogP contribution in [0.1, 0.15) is 24.5 Å². The van der Waals surface area contributed by atoms with Gasteiger partial charge in [0, 0.05) is 11.6 Å². The second kappa shape index (κ2) is 4.72. The lowest BCUT2D eigenvalue weighted by atomic mass is 10.0. The minimum atomic E-state index is 0.0140. The van der Waals surface area contributed by atoms with Crippen LogP contribution in [0.25, 0.3) is 11.0 Å². The zero-order chi connectivity index (χ0) is 12.4. The van der Waals surface area contributed by atoms with Crippen LogP contribution in [0.3, 0.4) is 0 Å². The van der Waals surface area contributed by atoms with Gasteiger partial charge in [0.1, 0.15) is 5.58 Å². The third-order valence-electron chi connectivity index (χ3n) is 3.01. The lowest BCUT2D eigenvalue weighted by Gasteiger charge is -2.08. The Bertz CT molecular complexity index is 586. The van der Waals surface area contributed by atoms with Crippen molar-refractivity contribution in [1.29, 1.82) is 0 Å². The van der Waals surface area contributed by atoms with E-state index >= 15 is 0 Å². The SMILES string of the molecule is CCC(N)Cc1coc2ccc(C)cc2c1=O. The van der Waals surface area contributed by atoms with Crippen molar-refractivity contribution >= 4 is 11.0 Å². The molecule has 1 atom stereocenters. The van der Waals surface area contributed by atoms with E-state index in [4.69, 9.17) is 10.2 Å². The first-order valence-corrected chi connectivity index (χ1v) is 5.88. The molecule has 1 aromatic heterocycles. The Morgan fingerprint density at radius 3 is 2.88 bits per heavy atom. The summed E-state index contributed by atoms with van der Waals surface area (Å²) in [5.74, 6) is 0. The van der Waals surface area contributed by atoms with Crippen LogP contribution in [0.15, 0.2) is 33.7 Å². The Morgan fingerprint density at radius 2 is 2.18 bits per heavy atom. The van der Waals surface area contributed by atoms with Gasteiger partial charge in [-0.1, -0.05) is 18.6 Å². The molecule has 0 aliphatic rings. The van der Waals surface area contributed by atoms with Gasteiger partial charge in [-0.2, -0.15) is 0 Å². The van der Waals surface area contributed by atoms with E-state index in [0.29, 0.717) is 23.0 Å². The fourth-order valence-corrected chi connectivity index (χ4v) is 1.85. The van der Waals surface area contributed by atoms with Crippen LogP contribution in [0, 0.1) is 6.92 Å². The van der Waals surface area contributed by atoms with Crippen LogP contribution in [0.5, 0.6) is 0 Å². The summed E-state index contributed by atoms with van der Waals surface area (Å²) in [7, 11) is 0. The minimum Gasteiger partial charge on any atom is -0.464 e. The molecule has 17 heavy (non-hydrogen) atoms. The number of aryl methyl sites for hydroxylation is 1. The van der Waals surface area contributed by atoms with Crippen LogP contribution < -0.4 is 11.2 Å². The van der Waals surface area contributed by atoms with Crippen molar-refractivity contribution in [3.63, 3.8) is 0 Å². The predicted octanol–water partition coefficient (Wildman–Crippen LogP) is 2.38. The molecule has 0 fully saturated rings. The molecule has 2 rings (SSSR count). The summed E-state index contributed by atoms with van der Waals surface area (Å²) < 4.78 is 5.47. The molecule has 2 N–H and O–H groups in total. The molecule has 0 radical (unpaired) electrons. The predicted molar refractivity (Wildman–Crippen MR) is 69.2 cm³/mol. The van der Waals surface area contributed by atoms with Gasteiger partial charge >= 0.3 is 0 Å². The molecule has 0 saturated heterocycles. The number of hydrogen-bond acceptors (Lipinski definition) is 3. The van der Waals surface area contributed by atoms with Crippen LogP contribution >= 0.6 is 0 Å². The van der Waals surface area contributed by atoms with E-state index in [-0.39, 0.29) is 11.5 Å². The average molecular weight is 231 g/mol. The summed E-state index contributed by atoms with van der Waals surface area (Å²) in [5.41, 5.74) is 8.26. The number of fused-ring (bicyclic) bond motifs is 1. The summed E-state index contributed by atoms with van der Waals surface area (Å²) in [6.07, 6.45) is 2.96. The Morgan fingerprint density at radius 1 is 1.41 bits per heavy atom. The zero-order valence-corrected chi connectivity index (χ0v) is 10.2. The van der Waals surface area contributed by atoms with Gasteiger partial charge in [-0.05, 0) is 31.9 Å². The second-order valence-corrected chi connectivity index (χ2v) is 4.46. The molecule has 0 aliphatic heterocycles. The molecule has 0 saturated carbocycles. The molecule has 1 heterocycles. The monoisotopic (exact) mass is 231 g/mol. The number of hydrogen-bond donors (Lipinski definition) is 1. The Kier molecular flexibility index (Phi) is 3.29. The van der Waals surface area contributed by atoms with Crippen molar-refractivity contribution in [2.45, 2.75) is 32.7 Å². The van der Waals surface area contributed by atoms with Crippen LogP contribution in [0.2, 0.25) is 0 Å². The van der Waals surface area contributed by atoms with Gasteiger partial charge in [0.15, 0.2) is 5.43 Å². The van der Waals surface area contributed by atoms with Gasteiger partial charge in [0.05, 0.1) is 11.6 Å². The minimum absolute atomic E-state index is 0.0140. The van der Waals surface area contributed by atoms with E-state index < -0.39 is 0 Å². The number of benzene rings is 1. The highest BCUT2D eigenvalue weighted by molar-refractivity contribution is 5.77. The number of nitrogens with two attached hydrogens (primary N) is 1. The van der Waals surface area contributed by atoms with Crippen molar-refractivity contribution < 1.29 is 4.42 Å². The maximum atomic E-state index is 12.2. The van der Waals surface area contributed by atoms with Crippen LogP contribution in [-0.2, 0) is 6.42 Å². The molecule has 0 amide bonds. The van der Waals surface area contributed by atoms with E-state index in [0.717, 1.165) is 12.0 Å². The summed E-state index contributed by atoms with van der Waals surface area (Å²) in [5, 5.41) is 0.644. The molecule has 3 heteroatoms. The van der Waals surface area contributed by atoms with E-state index in [2.05, 4.69) is 0 Å². The van der Waals surface area contributed by atoms with E-state index in [9.17, 15) is 4.79 Å². The average Bonchev–Trinajstić information content (AvgIpc) is 2.33. The molecule has 0 spiro atoms. The molecule has 0 aliphatic carbocycles. The molecule has 90 valence electrons. The fourth-order valence-electron chi connectivity index (χ4n) is 1.85. The molecule has 0 bridgehead atoms. The summed E-state index contributed by atoms with van der Waals surface area (Å²) in [6, 6.07) is 5.64. The first-order valence-electron chi connectivity index (χ1n) is 5.88. The second-order valence-electron chi connectivity index (χ2n) is 4.46. The molecular weight excluding hydrogens is 214 g/mol. The van der Waals surface area contributed by atoms with Gasteiger partial charge < -0.3 is 10.2 Å². The topological polar surface area (TPSA) is 56.2 Å². The quantitative estimate of drug-likeness (QED) is 0.882. The molecule has 2 aromatic rings. The van der Waals surface area contributed by atoms with Gasteiger partial charge in [0.2, 0.25) is 0 Å². The Labute approximate surface area is 100 Å². The summed E-state index contributed by atoms with van der Waals surface area (Å²) in [4.78, 5) is 12.2. The molecular formula is C14H17NO2. The van der Waals surface area contributed by atoms with Crippen LogP contribution in [-0.4, -0.2) is 6.04 Å². The maximum absolute atomic E-state index is 12.2. The van der Waals surface area contributed by atoms with Gasteiger partial charge in [0.25, 0.3) is 0 Å². The van der Waals surface area contributed by atoms with E-state index in [1.54, 1.807) is 0 Å². The van der Waals surface area contributed by atoms with Crippen molar-refractivity contribution in [2.24, 2.45) is 5.73 Å². The first kappa shape index (κ1) is 11.9. The largest absolute Gasteiger partial charge is 0.464 e. The highest BCUT2D eigenvalue weighted by Gasteiger charge is 2.09. The normalized spacial score (nSPS) is 12.9. The molecule has 1 aromatic carbocycles. The fraction of sp³-hybridized carbons (Fsp3) is 0.357. The molecule has 3 nitrogen and oxygen atoms in total. The Balaban J connectivity index is 2.53. The summed E-state index contributed by atoms with van der Waals surface area (Å²) in [6.45, 7) is 3.97. The van der Waals surface area contributed by atoms with Gasteiger partial charge in [-0.25, -0.2) is 0 Å². The van der Waals surface area contributed by atoms with Gasteiger partial charge in [-0.15, -0.1) is 0 Å². The summed E-state index contributed by atoms with van der Waals surface area (Å²) >= 11 is 0. The highest BCUT2D eigenvalue weighted by atomic mass is 16.3. The van der Waals surface area contributed by atoms with E-state index in [1.165, 1.54) is 6.26 Å². The zero-order valence-electron chi connectivity index (χ0n) is 10.2. The maximum Gasteiger partial charge on any atom is 0.195 e. The van der Waals surface area contributed by atoms with Gasteiger partial charge in [-0.3, -0.25) is 4.79 Å². The third-order valence-corrected chi connectivity index (χ3v) is 3.01.